The van der Waals surface area contributed by atoms with E-state index in [0.29, 0.717) is 12.2 Å². The number of nitrogens with zero attached hydrogens (tertiary/aromatic N) is 5. The van der Waals surface area contributed by atoms with Crippen LogP contribution in [0.4, 0.5) is 4.39 Å². The number of benzene rings is 1. The number of amides is 1. The predicted octanol–water partition coefficient (Wildman–Crippen LogP) is 3.89. The summed E-state index contributed by atoms with van der Waals surface area (Å²) in [6, 6.07) is 9.30. The first-order chi connectivity index (χ1) is 14.8. The maximum absolute atomic E-state index is 14.2. The molecule has 0 saturated carbocycles. The minimum atomic E-state index is -1.84. The van der Waals surface area contributed by atoms with E-state index in [1.165, 1.54) is 13.8 Å². The highest BCUT2D eigenvalue weighted by atomic mass is 19.1. The molecule has 1 aliphatic heterocycles. The fourth-order valence-corrected chi connectivity index (χ4v) is 3.99. The molecule has 0 unspecified atom stereocenters. The number of hydrogen-bond acceptors (Lipinski definition) is 6. The Kier molecular flexibility index (Phi) is 4.35. The van der Waals surface area contributed by atoms with E-state index in [4.69, 9.17) is 4.42 Å². The van der Waals surface area contributed by atoms with Gasteiger partial charge in [-0.3, -0.25) is 9.78 Å². The van der Waals surface area contributed by atoms with Gasteiger partial charge in [-0.1, -0.05) is 31.2 Å². The number of aromatic nitrogens is 5. The molecule has 31 heavy (non-hydrogen) atoms. The predicted molar refractivity (Wildman–Crippen MR) is 110 cm³/mol. The van der Waals surface area contributed by atoms with Crippen LogP contribution in [0.15, 0.2) is 47.3 Å². The number of aromatic amines is 1. The Morgan fingerprint density at radius 1 is 1.23 bits per heavy atom. The van der Waals surface area contributed by atoms with Crippen LogP contribution in [0.25, 0.3) is 10.8 Å². The third-order valence-corrected chi connectivity index (χ3v) is 5.54. The highest BCUT2D eigenvalue weighted by molar-refractivity contribution is 5.90. The van der Waals surface area contributed by atoms with E-state index in [2.05, 4.69) is 25.1 Å². The van der Waals surface area contributed by atoms with Crippen molar-refractivity contribution in [2.24, 2.45) is 0 Å². The highest BCUT2D eigenvalue weighted by Gasteiger charge is 2.40. The summed E-state index contributed by atoms with van der Waals surface area (Å²) in [4.78, 5) is 27.3. The largest absolute Gasteiger partial charge is 0.413 e. The van der Waals surface area contributed by atoms with Crippen LogP contribution in [0.5, 0.6) is 0 Å². The highest BCUT2D eigenvalue weighted by Crippen LogP contribution is 2.38. The second kappa shape index (κ2) is 6.97. The van der Waals surface area contributed by atoms with Crippen LogP contribution in [0.2, 0.25) is 0 Å². The summed E-state index contributed by atoms with van der Waals surface area (Å²) in [5.41, 5.74) is 0.522. The van der Waals surface area contributed by atoms with Crippen LogP contribution < -0.4 is 0 Å². The first-order valence-electron chi connectivity index (χ1n) is 10.0. The first-order valence-corrected chi connectivity index (χ1v) is 10.0. The van der Waals surface area contributed by atoms with Gasteiger partial charge in [-0.2, -0.15) is 0 Å². The number of pyridine rings is 1. The molecule has 1 N–H and O–H groups in total. The minimum Gasteiger partial charge on any atom is -0.413 e. The van der Waals surface area contributed by atoms with E-state index in [9.17, 15) is 9.18 Å². The average molecular weight is 420 g/mol. The normalized spacial score (nSPS) is 18.9. The number of halogens is 1. The van der Waals surface area contributed by atoms with Crippen LogP contribution >= 0.6 is 0 Å². The molecule has 0 spiro atoms. The zero-order valence-electron chi connectivity index (χ0n) is 17.3. The lowest BCUT2D eigenvalue weighted by molar-refractivity contribution is 0.0619. The zero-order chi connectivity index (χ0) is 21.8. The molecule has 1 aromatic carbocycles. The standard InChI is InChI=1S/C22H21FN6O2/c1-12-10-29(20(30)19-27-28-21(31-19)22(2,3)23)18(17-16(12)25-11-26-17)15-8-13-6-4-5-7-14(13)9-24-15/h4-9,11-12,18H,10H2,1-3H3,(H,25,26)/t12-,18+/m1/s1. The van der Waals surface area contributed by atoms with Crippen LogP contribution in [0, 0.1) is 0 Å². The molecule has 4 heterocycles. The lowest BCUT2D eigenvalue weighted by Crippen LogP contribution is -2.42. The average Bonchev–Trinajstić information content (AvgIpc) is 3.43. The molecule has 158 valence electrons. The van der Waals surface area contributed by atoms with Crippen molar-refractivity contribution in [2.45, 2.75) is 38.4 Å². The van der Waals surface area contributed by atoms with Crippen molar-refractivity contribution in [1.29, 1.82) is 0 Å². The number of hydrogen-bond donors (Lipinski definition) is 1. The lowest BCUT2D eigenvalue weighted by Gasteiger charge is -2.36. The SMILES string of the molecule is C[C@@H]1CN(C(=O)c2nnc(C(C)(C)F)o2)[C@@H](c2cc3ccccc3cn2)c2nc[nH]c21. The Labute approximate surface area is 177 Å². The summed E-state index contributed by atoms with van der Waals surface area (Å²) < 4.78 is 19.6. The molecule has 9 heteroatoms. The van der Waals surface area contributed by atoms with Crippen molar-refractivity contribution in [1.82, 2.24) is 30.0 Å². The zero-order valence-corrected chi connectivity index (χ0v) is 17.3. The van der Waals surface area contributed by atoms with Crippen molar-refractivity contribution in [3.05, 3.63) is 71.7 Å². The van der Waals surface area contributed by atoms with E-state index >= 15 is 0 Å². The van der Waals surface area contributed by atoms with Crippen molar-refractivity contribution < 1.29 is 13.6 Å². The quantitative estimate of drug-likeness (QED) is 0.540. The Morgan fingerprint density at radius 3 is 2.74 bits per heavy atom. The summed E-state index contributed by atoms with van der Waals surface area (Å²) in [6.07, 6.45) is 3.41. The smallest absolute Gasteiger partial charge is 0.312 e. The van der Waals surface area contributed by atoms with E-state index < -0.39 is 17.6 Å². The lowest BCUT2D eigenvalue weighted by atomic mass is 9.92. The summed E-state index contributed by atoms with van der Waals surface area (Å²) in [5.74, 6) is -0.957. The van der Waals surface area contributed by atoms with Crippen LogP contribution in [0.3, 0.4) is 0 Å². The summed E-state index contributed by atoms with van der Waals surface area (Å²) >= 11 is 0. The maximum Gasteiger partial charge on any atom is 0.312 e. The van der Waals surface area contributed by atoms with E-state index in [1.807, 2.05) is 37.3 Å². The van der Waals surface area contributed by atoms with E-state index in [0.717, 1.165) is 22.2 Å². The minimum absolute atomic E-state index is 0.0122. The molecule has 0 fully saturated rings. The van der Waals surface area contributed by atoms with Gasteiger partial charge in [0, 0.05) is 29.7 Å². The number of imidazole rings is 1. The van der Waals surface area contributed by atoms with E-state index in [1.54, 1.807) is 17.4 Å². The Balaban J connectivity index is 1.60. The third kappa shape index (κ3) is 3.26. The van der Waals surface area contributed by atoms with Gasteiger partial charge < -0.3 is 14.3 Å². The van der Waals surface area contributed by atoms with Crippen molar-refractivity contribution in [3.63, 3.8) is 0 Å². The Bertz CT molecular complexity index is 1270. The number of rotatable bonds is 3. The van der Waals surface area contributed by atoms with E-state index in [-0.39, 0.29) is 17.7 Å². The van der Waals surface area contributed by atoms with Crippen molar-refractivity contribution in [3.8, 4) is 0 Å². The number of carbonyl (C=O) groups is 1. The van der Waals surface area contributed by atoms with Gasteiger partial charge in [0.15, 0.2) is 5.67 Å². The van der Waals surface area contributed by atoms with Gasteiger partial charge in [0.1, 0.15) is 6.04 Å². The second-order valence-corrected chi connectivity index (χ2v) is 8.30. The fourth-order valence-electron chi connectivity index (χ4n) is 3.99. The molecular weight excluding hydrogens is 399 g/mol. The molecule has 3 aromatic heterocycles. The summed E-state index contributed by atoms with van der Waals surface area (Å²) in [5, 5.41) is 9.54. The van der Waals surface area contributed by atoms with Gasteiger partial charge in [-0.15, -0.1) is 10.2 Å². The Hall–Kier alpha value is -3.62. The molecule has 4 aromatic rings. The molecule has 8 nitrogen and oxygen atoms in total. The van der Waals surface area contributed by atoms with Crippen molar-refractivity contribution >= 4 is 16.7 Å². The van der Waals surface area contributed by atoms with Gasteiger partial charge >= 0.3 is 11.8 Å². The third-order valence-electron chi connectivity index (χ3n) is 5.54. The van der Waals surface area contributed by atoms with Crippen LogP contribution in [-0.2, 0) is 5.67 Å². The van der Waals surface area contributed by atoms with Crippen LogP contribution in [0.1, 0.15) is 66.4 Å². The number of carbonyl (C=O) groups excluding carboxylic acids is 1. The summed E-state index contributed by atoms with van der Waals surface area (Å²) in [7, 11) is 0. The molecule has 0 bridgehead atoms. The first kappa shape index (κ1) is 19.3. The topological polar surface area (TPSA) is 101 Å². The molecule has 1 aliphatic rings. The molecule has 5 rings (SSSR count). The van der Waals surface area contributed by atoms with Crippen molar-refractivity contribution in [2.75, 3.05) is 6.54 Å². The van der Waals surface area contributed by atoms with Gasteiger partial charge in [0.2, 0.25) is 0 Å². The fraction of sp³-hybridized carbons (Fsp3) is 0.318. The van der Waals surface area contributed by atoms with Gasteiger partial charge in [-0.25, -0.2) is 9.37 Å². The number of fused-ring (bicyclic) bond motifs is 2. The van der Waals surface area contributed by atoms with Crippen LogP contribution in [-0.4, -0.2) is 42.5 Å². The Morgan fingerprint density at radius 2 is 2.00 bits per heavy atom. The molecule has 2 atom stereocenters. The molecule has 1 amide bonds. The second-order valence-electron chi connectivity index (χ2n) is 8.30. The molecular formula is C22H21FN6O2. The summed E-state index contributed by atoms with van der Waals surface area (Å²) in [6.45, 7) is 5.00. The molecule has 0 radical (unpaired) electrons. The number of alkyl halides is 1. The number of nitrogens with one attached hydrogen (secondary N) is 1. The molecule has 0 saturated heterocycles. The molecule has 0 aliphatic carbocycles. The maximum atomic E-state index is 14.2. The van der Waals surface area contributed by atoms with Gasteiger partial charge in [0.05, 0.1) is 17.7 Å². The van der Waals surface area contributed by atoms with Gasteiger partial charge in [-0.05, 0) is 25.3 Å². The monoisotopic (exact) mass is 420 g/mol. The number of H-pyrrole nitrogens is 1. The van der Waals surface area contributed by atoms with Gasteiger partial charge in [0.25, 0.3) is 5.89 Å².